The predicted octanol–water partition coefficient (Wildman–Crippen LogP) is 3.64. The molecule has 0 spiro atoms. The molecule has 0 bridgehead atoms. The van der Waals surface area contributed by atoms with E-state index in [1.807, 2.05) is 43.0 Å². The number of sulfonamides is 1. The lowest BCUT2D eigenvalue weighted by atomic mass is 10.2. The number of para-hydroxylation sites is 1. The minimum absolute atomic E-state index is 0.0740. The van der Waals surface area contributed by atoms with E-state index in [1.54, 1.807) is 24.3 Å². The van der Waals surface area contributed by atoms with Crippen LogP contribution >= 0.6 is 11.8 Å². The summed E-state index contributed by atoms with van der Waals surface area (Å²) in [6.45, 7) is 4.61. The van der Waals surface area contributed by atoms with Crippen molar-refractivity contribution >= 4 is 44.2 Å². The van der Waals surface area contributed by atoms with Crippen LogP contribution in [-0.4, -0.2) is 31.8 Å². The van der Waals surface area contributed by atoms with Gasteiger partial charge in [-0.2, -0.15) is 8.42 Å². The van der Waals surface area contributed by atoms with Gasteiger partial charge in [0.2, 0.25) is 5.91 Å². The Morgan fingerprint density at radius 3 is 2.56 bits per heavy atom. The number of fused-ring (bicyclic) bond motifs is 1. The van der Waals surface area contributed by atoms with Crippen molar-refractivity contribution in [3.8, 4) is 0 Å². The summed E-state index contributed by atoms with van der Waals surface area (Å²) in [6.07, 6.45) is 0.823. The molecule has 0 fully saturated rings. The molecule has 1 heterocycles. The van der Waals surface area contributed by atoms with Crippen molar-refractivity contribution in [1.29, 1.82) is 0 Å². The van der Waals surface area contributed by atoms with Crippen LogP contribution in [0.2, 0.25) is 0 Å². The normalized spacial score (nSPS) is 15.0. The number of nitrogens with zero attached hydrogens (tertiary/aromatic N) is 2. The van der Waals surface area contributed by atoms with Gasteiger partial charge in [0.1, 0.15) is 4.90 Å². The van der Waals surface area contributed by atoms with Gasteiger partial charge in [-0.15, -0.1) is 4.40 Å². The van der Waals surface area contributed by atoms with Gasteiger partial charge < -0.3 is 10.2 Å². The standard InChI is InChI=1S/C19H21N3O3S2/c1-3-12-22-16-6-4-5-7-17(16)27(24,25)21-19(22)26-13-18(23)20-15-10-8-14(2)9-11-15/h4-11H,3,12-13H2,1-2H3,(H,20,23). The van der Waals surface area contributed by atoms with Crippen molar-refractivity contribution in [3.05, 3.63) is 54.1 Å². The Balaban J connectivity index is 1.75. The van der Waals surface area contributed by atoms with E-state index in [0.717, 1.165) is 23.7 Å². The average molecular weight is 404 g/mol. The molecule has 0 saturated heterocycles. The molecule has 1 aliphatic rings. The van der Waals surface area contributed by atoms with E-state index >= 15 is 0 Å². The van der Waals surface area contributed by atoms with Gasteiger partial charge in [0, 0.05) is 12.2 Å². The van der Waals surface area contributed by atoms with Crippen molar-refractivity contribution in [2.24, 2.45) is 4.40 Å². The Hall–Kier alpha value is -2.32. The molecule has 2 aromatic rings. The highest BCUT2D eigenvalue weighted by molar-refractivity contribution is 8.15. The van der Waals surface area contributed by atoms with Crippen LogP contribution in [0.15, 0.2) is 57.8 Å². The summed E-state index contributed by atoms with van der Waals surface area (Å²) in [6, 6.07) is 14.3. The molecule has 6 nitrogen and oxygen atoms in total. The van der Waals surface area contributed by atoms with E-state index < -0.39 is 10.0 Å². The molecule has 3 rings (SSSR count). The number of anilines is 2. The number of hydrogen-bond donors (Lipinski definition) is 1. The molecule has 1 N–H and O–H groups in total. The number of carbonyl (C=O) groups excluding carboxylic acids is 1. The third-order valence-electron chi connectivity index (χ3n) is 3.98. The number of hydrogen-bond acceptors (Lipinski definition) is 5. The van der Waals surface area contributed by atoms with Crippen molar-refractivity contribution < 1.29 is 13.2 Å². The van der Waals surface area contributed by atoms with E-state index in [1.165, 1.54) is 0 Å². The Morgan fingerprint density at radius 1 is 1.15 bits per heavy atom. The molecule has 1 aliphatic heterocycles. The summed E-state index contributed by atoms with van der Waals surface area (Å²) in [5, 5.41) is 3.14. The highest BCUT2D eigenvalue weighted by Gasteiger charge is 2.30. The zero-order valence-electron chi connectivity index (χ0n) is 15.2. The molecule has 8 heteroatoms. The number of benzene rings is 2. The fourth-order valence-corrected chi connectivity index (χ4v) is 4.99. The number of rotatable bonds is 5. The van der Waals surface area contributed by atoms with E-state index in [4.69, 9.17) is 0 Å². The third kappa shape index (κ3) is 4.51. The second-order valence-electron chi connectivity index (χ2n) is 6.17. The van der Waals surface area contributed by atoms with Crippen LogP contribution in [0.3, 0.4) is 0 Å². The number of aryl methyl sites for hydroxylation is 1. The summed E-state index contributed by atoms with van der Waals surface area (Å²) >= 11 is 1.13. The van der Waals surface area contributed by atoms with Gasteiger partial charge >= 0.3 is 0 Å². The fraction of sp³-hybridized carbons (Fsp3) is 0.263. The average Bonchev–Trinajstić information content (AvgIpc) is 2.64. The molecule has 142 valence electrons. The summed E-state index contributed by atoms with van der Waals surface area (Å²) in [7, 11) is -3.76. The lowest BCUT2D eigenvalue weighted by Crippen LogP contribution is -2.35. The molecule has 27 heavy (non-hydrogen) atoms. The van der Waals surface area contributed by atoms with Crippen LogP contribution in [0.25, 0.3) is 0 Å². The van der Waals surface area contributed by atoms with Gasteiger partial charge in [0.25, 0.3) is 10.0 Å². The smallest absolute Gasteiger partial charge is 0.286 e. The Labute approximate surface area is 163 Å². The second kappa shape index (κ2) is 8.14. The van der Waals surface area contributed by atoms with Crippen molar-refractivity contribution in [2.45, 2.75) is 25.2 Å². The second-order valence-corrected chi connectivity index (χ2v) is 8.69. The topological polar surface area (TPSA) is 78.8 Å². The monoisotopic (exact) mass is 403 g/mol. The van der Waals surface area contributed by atoms with E-state index in [-0.39, 0.29) is 16.6 Å². The van der Waals surface area contributed by atoms with Gasteiger partial charge in [0.05, 0.1) is 11.4 Å². The lowest BCUT2D eigenvalue weighted by Gasteiger charge is -2.29. The Bertz CT molecular complexity index is 970. The van der Waals surface area contributed by atoms with Crippen molar-refractivity contribution in [3.63, 3.8) is 0 Å². The number of nitrogens with one attached hydrogen (secondary N) is 1. The van der Waals surface area contributed by atoms with Crippen LogP contribution in [0.4, 0.5) is 11.4 Å². The Morgan fingerprint density at radius 2 is 1.85 bits per heavy atom. The number of thioether (sulfide) groups is 1. The first-order valence-corrected chi connectivity index (χ1v) is 11.0. The van der Waals surface area contributed by atoms with Gasteiger partial charge in [-0.1, -0.05) is 48.5 Å². The van der Waals surface area contributed by atoms with E-state index in [0.29, 0.717) is 23.1 Å². The van der Waals surface area contributed by atoms with Crippen LogP contribution in [-0.2, 0) is 14.8 Å². The molecule has 0 aliphatic carbocycles. The van der Waals surface area contributed by atoms with Gasteiger partial charge in [-0.25, -0.2) is 0 Å². The number of amides is 1. The quantitative estimate of drug-likeness (QED) is 0.825. The first-order valence-electron chi connectivity index (χ1n) is 8.61. The summed E-state index contributed by atoms with van der Waals surface area (Å²) < 4.78 is 28.9. The number of carbonyl (C=O) groups is 1. The maximum absolute atomic E-state index is 12.5. The highest BCUT2D eigenvalue weighted by atomic mass is 32.2. The molecular weight excluding hydrogens is 382 g/mol. The maximum Gasteiger partial charge on any atom is 0.286 e. The molecule has 0 aromatic heterocycles. The highest BCUT2D eigenvalue weighted by Crippen LogP contribution is 2.34. The zero-order valence-corrected chi connectivity index (χ0v) is 16.8. The molecule has 2 aromatic carbocycles. The molecule has 0 unspecified atom stereocenters. The minimum Gasteiger partial charge on any atom is -0.325 e. The molecule has 0 atom stereocenters. The third-order valence-corrected chi connectivity index (χ3v) is 6.38. The van der Waals surface area contributed by atoms with E-state index in [2.05, 4.69) is 9.71 Å². The van der Waals surface area contributed by atoms with Crippen molar-refractivity contribution in [2.75, 3.05) is 22.5 Å². The molecule has 1 amide bonds. The largest absolute Gasteiger partial charge is 0.325 e. The van der Waals surface area contributed by atoms with Crippen molar-refractivity contribution in [1.82, 2.24) is 0 Å². The lowest BCUT2D eigenvalue weighted by molar-refractivity contribution is -0.113. The predicted molar refractivity (Wildman–Crippen MR) is 111 cm³/mol. The molecular formula is C19H21N3O3S2. The van der Waals surface area contributed by atoms with Crippen LogP contribution in [0.1, 0.15) is 18.9 Å². The van der Waals surface area contributed by atoms with Crippen LogP contribution < -0.4 is 10.2 Å². The SMILES string of the molecule is CCCN1C(SCC(=O)Nc2ccc(C)cc2)=NS(=O)(=O)c2ccccc21. The first-order chi connectivity index (χ1) is 12.9. The molecule has 0 radical (unpaired) electrons. The van der Waals surface area contributed by atoms with Gasteiger partial charge in [-0.05, 0) is 37.6 Å². The van der Waals surface area contributed by atoms with E-state index in [9.17, 15) is 13.2 Å². The fourth-order valence-electron chi connectivity index (χ4n) is 2.71. The number of amidine groups is 1. The van der Waals surface area contributed by atoms with Crippen LogP contribution in [0.5, 0.6) is 0 Å². The molecule has 0 saturated carbocycles. The van der Waals surface area contributed by atoms with Crippen LogP contribution in [0, 0.1) is 6.92 Å². The Kier molecular flexibility index (Phi) is 5.86. The maximum atomic E-state index is 12.5. The minimum atomic E-state index is -3.76. The van der Waals surface area contributed by atoms with Gasteiger partial charge in [0.15, 0.2) is 5.17 Å². The summed E-state index contributed by atoms with van der Waals surface area (Å²) in [5.41, 5.74) is 2.42. The van der Waals surface area contributed by atoms with Gasteiger partial charge in [-0.3, -0.25) is 4.79 Å². The first kappa shape index (κ1) is 19.4. The zero-order chi connectivity index (χ0) is 19.4. The summed E-state index contributed by atoms with van der Waals surface area (Å²) in [5.74, 6) is -0.135. The summed E-state index contributed by atoms with van der Waals surface area (Å²) in [4.78, 5) is 14.3.